The number of hydrogen-bond acceptors (Lipinski definition) is 3. The maximum Gasteiger partial charge on any atom is 0.135 e. The zero-order valence-electron chi connectivity index (χ0n) is 13.2. The van der Waals surface area contributed by atoms with E-state index in [9.17, 15) is 0 Å². The third-order valence-electron chi connectivity index (χ3n) is 4.37. The van der Waals surface area contributed by atoms with Crippen molar-refractivity contribution >= 4 is 11.0 Å². The Kier molecular flexibility index (Phi) is 4.05. The number of para-hydroxylation sites is 1. The first-order valence-corrected chi connectivity index (χ1v) is 7.95. The number of fused-ring (bicyclic) bond motifs is 1. The second-order valence-electron chi connectivity index (χ2n) is 6.56. The molecule has 1 heterocycles. The summed E-state index contributed by atoms with van der Waals surface area (Å²) in [6.07, 6.45) is 3.58. The van der Waals surface area contributed by atoms with E-state index in [0.717, 1.165) is 24.3 Å². The van der Waals surface area contributed by atoms with Gasteiger partial charge in [0.05, 0.1) is 5.60 Å². The van der Waals surface area contributed by atoms with Crippen LogP contribution in [-0.4, -0.2) is 11.6 Å². The molecular formula is C18H25NO2. The Labute approximate surface area is 126 Å². The van der Waals surface area contributed by atoms with Gasteiger partial charge in [-0.25, -0.2) is 0 Å². The molecule has 1 fully saturated rings. The maximum absolute atomic E-state index is 6.04. The zero-order valence-corrected chi connectivity index (χ0v) is 13.2. The van der Waals surface area contributed by atoms with Gasteiger partial charge in [-0.1, -0.05) is 25.1 Å². The Morgan fingerprint density at radius 3 is 2.76 bits per heavy atom. The molecule has 2 aromatic rings. The molecule has 0 bridgehead atoms. The first-order chi connectivity index (χ1) is 10.1. The van der Waals surface area contributed by atoms with E-state index >= 15 is 0 Å². The lowest BCUT2D eigenvalue weighted by Gasteiger charge is -2.23. The smallest absolute Gasteiger partial charge is 0.135 e. The summed E-state index contributed by atoms with van der Waals surface area (Å²) in [5.41, 5.74) is 2.10. The lowest BCUT2D eigenvalue weighted by Crippen LogP contribution is -2.23. The number of furan rings is 1. The highest BCUT2D eigenvalue weighted by molar-refractivity contribution is 5.82. The molecule has 1 aliphatic carbocycles. The summed E-state index contributed by atoms with van der Waals surface area (Å²) in [5.74, 6) is 0.964. The Hall–Kier alpha value is -1.32. The van der Waals surface area contributed by atoms with Gasteiger partial charge >= 0.3 is 0 Å². The molecular weight excluding hydrogens is 262 g/mol. The zero-order chi connectivity index (χ0) is 14.9. The minimum atomic E-state index is -0.111. The maximum atomic E-state index is 6.04. The molecule has 0 atom stereocenters. The van der Waals surface area contributed by atoms with Crippen molar-refractivity contribution in [2.75, 3.05) is 0 Å². The van der Waals surface area contributed by atoms with Crippen LogP contribution in [0.3, 0.4) is 0 Å². The summed E-state index contributed by atoms with van der Waals surface area (Å²) in [5, 5.41) is 4.79. The van der Waals surface area contributed by atoms with Crippen LogP contribution in [0, 0.1) is 0 Å². The van der Waals surface area contributed by atoms with Crippen molar-refractivity contribution in [1.82, 2.24) is 5.32 Å². The van der Waals surface area contributed by atoms with Crippen molar-refractivity contribution in [2.45, 2.75) is 64.8 Å². The van der Waals surface area contributed by atoms with Crippen LogP contribution in [0.2, 0.25) is 0 Å². The predicted molar refractivity (Wildman–Crippen MR) is 85.2 cm³/mol. The first kappa shape index (κ1) is 14.6. The molecule has 0 amide bonds. The summed E-state index contributed by atoms with van der Waals surface area (Å²) in [7, 11) is 0. The topological polar surface area (TPSA) is 34.4 Å². The van der Waals surface area contributed by atoms with Crippen LogP contribution in [0.25, 0.3) is 11.0 Å². The second kappa shape index (κ2) is 5.82. The van der Waals surface area contributed by atoms with E-state index in [1.165, 1.54) is 23.8 Å². The van der Waals surface area contributed by atoms with Crippen LogP contribution in [0.1, 0.15) is 51.4 Å². The molecule has 0 aliphatic heterocycles. The van der Waals surface area contributed by atoms with Crippen molar-refractivity contribution in [3.8, 4) is 0 Å². The van der Waals surface area contributed by atoms with Crippen molar-refractivity contribution < 1.29 is 9.15 Å². The van der Waals surface area contributed by atoms with E-state index in [4.69, 9.17) is 9.15 Å². The van der Waals surface area contributed by atoms with Gasteiger partial charge < -0.3 is 14.5 Å². The Morgan fingerprint density at radius 1 is 1.29 bits per heavy atom. The average molecular weight is 287 g/mol. The van der Waals surface area contributed by atoms with E-state index in [1.54, 1.807) is 0 Å². The fourth-order valence-electron chi connectivity index (χ4n) is 2.36. The second-order valence-corrected chi connectivity index (χ2v) is 6.56. The van der Waals surface area contributed by atoms with Gasteiger partial charge in [0.2, 0.25) is 0 Å². The van der Waals surface area contributed by atoms with E-state index in [-0.39, 0.29) is 5.60 Å². The molecule has 1 aliphatic rings. The summed E-state index contributed by atoms with van der Waals surface area (Å²) in [4.78, 5) is 0. The highest BCUT2D eigenvalue weighted by Crippen LogP contribution is 2.29. The lowest BCUT2D eigenvalue weighted by molar-refractivity contribution is -0.0383. The van der Waals surface area contributed by atoms with Gasteiger partial charge in [0.25, 0.3) is 0 Å². The minimum absolute atomic E-state index is 0.111. The summed E-state index contributed by atoms with van der Waals surface area (Å²) in [6.45, 7) is 7.80. The number of nitrogens with one attached hydrogen (secondary N) is 1. The number of benzene rings is 1. The first-order valence-electron chi connectivity index (χ1n) is 7.95. The van der Waals surface area contributed by atoms with E-state index in [2.05, 4.69) is 38.2 Å². The molecule has 0 unspecified atom stereocenters. The Morgan fingerprint density at radius 2 is 2.05 bits per heavy atom. The normalized spacial score (nSPS) is 15.8. The molecule has 1 saturated carbocycles. The Bertz CT molecular complexity index is 611. The summed E-state index contributed by atoms with van der Waals surface area (Å²) >= 11 is 0. The van der Waals surface area contributed by atoms with Gasteiger partial charge in [0.15, 0.2) is 0 Å². The van der Waals surface area contributed by atoms with Crippen LogP contribution in [-0.2, 0) is 17.9 Å². The predicted octanol–water partition coefficient (Wildman–Crippen LogP) is 4.39. The van der Waals surface area contributed by atoms with Crippen molar-refractivity contribution in [1.29, 1.82) is 0 Å². The fraction of sp³-hybridized carbons (Fsp3) is 0.556. The number of hydrogen-bond donors (Lipinski definition) is 1. The van der Waals surface area contributed by atoms with Gasteiger partial charge in [-0.15, -0.1) is 0 Å². The lowest BCUT2D eigenvalue weighted by atomic mass is 10.1. The molecule has 0 radical (unpaired) electrons. The third-order valence-corrected chi connectivity index (χ3v) is 4.37. The number of ether oxygens (including phenoxy) is 1. The van der Waals surface area contributed by atoms with Crippen LogP contribution < -0.4 is 5.32 Å². The van der Waals surface area contributed by atoms with Crippen LogP contribution >= 0.6 is 0 Å². The van der Waals surface area contributed by atoms with Crippen LogP contribution in [0.4, 0.5) is 0 Å². The molecule has 21 heavy (non-hydrogen) atoms. The van der Waals surface area contributed by atoms with Crippen molar-refractivity contribution in [3.63, 3.8) is 0 Å². The third kappa shape index (κ3) is 3.47. The molecule has 1 aromatic carbocycles. The minimum Gasteiger partial charge on any atom is -0.458 e. The van der Waals surface area contributed by atoms with Gasteiger partial charge in [-0.3, -0.25) is 0 Å². The average Bonchev–Trinajstić information content (AvgIpc) is 3.24. The van der Waals surface area contributed by atoms with Crippen molar-refractivity contribution in [2.24, 2.45) is 0 Å². The highest BCUT2D eigenvalue weighted by Gasteiger charge is 2.23. The van der Waals surface area contributed by atoms with Gasteiger partial charge in [-0.2, -0.15) is 0 Å². The standard InChI is InChI=1S/C18H25NO2/c1-4-18(2,3)20-12-17-15(11-19-13-9-10-13)14-7-5-6-8-16(14)21-17/h5-8,13,19H,4,9-12H2,1-3H3. The van der Waals surface area contributed by atoms with E-state index in [0.29, 0.717) is 12.6 Å². The van der Waals surface area contributed by atoms with Crippen LogP contribution in [0.15, 0.2) is 28.7 Å². The molecule has 3 heteroatoms. The van der Waals surface area contributed by atoms with Gasteiger partial charge in [-0.05, 0) is 39.2 Å². The SMILES string of the molecule is CCC(C)(C)OCc1oc2ccccc2c1CNC1CC1. The van der Waals surface area contributed by atoms with Crippen molar-refractivity contribution in [3.05, 3.63) is 35.6 Å². The quantitative estimate of drug-likeness (QED) is 0.820. The fourth-order valence-corrected chi connectivity index (χ4v) is 2.36. The van der Waals surface area contributed by atoms with Crippen LogP contribution in [0.5, 0.6) is 0 Å². The highest BCUT2D eigenvalue weighted by atomic mass is 16.5. The monoisotopic (exact) mass is 287 g/mol. The Balaban J connectivity index is 1.82. The number of rotatable bonds is 7. The van der Waals surface area contributed by atoms with E-state index in [1.807, 2.05) is 12.1 Å². The molecule has 0 saturated heterocycles. The molecule has 1 N–H and O–H groups in total. The van der Waals surface area contributed by atoms with Gasteiger partial charge in [0, 0.05) is 23.5 Å². The molecule has 0 spiro atoms. The summed E-state index contributed by atoms with van der Waals surface area (Å²) in [6, 6.07) is 8.95. The molecule has 3 rings (SSSR count). The van der Waals surface area contributed by atoms with Gasteiger partial charge in [0.1, 0.15) is 18.0 Å². The molecule has 1 aromatic heterocycles. The molecule has 114 valence electrons. The summed E-state index contributed by atoms with van der Waals surface area (Å²) < 4.78 is 12.1. The largest absolute Gasteiger partial charge is 0.458 e. The molecule has 3 nitrogen and oxygen atoms in total. The van der Waals surface area contributed by atoms with E-state index < -0.39 is 0 Å².